The lowest BCUT2D eigenvalue weighted by Gasteiger charge is -2.18. The normalized spacial score (nSPS) is 16.8. The summed E-state index contributed by atoms with van der Waals surface area (Å²) in [6, 6.07) is 5.07. The lowest BCUT2D eigenvalue weighted by atomic mass is 10.2. The van der Waals surface area contributed by atoms with E-state index in [1.54, 1.807) is 0 Å². The Morgan fingerprint density at radius 3 is 2.26 bits per heavy atom. The number of sulfonamides is 1. The molecule has 2 aromatic rings. The molecule has 1 aromatic carbocycles. The molecule has 2 aliphatic carbocycles. The first-order valence-corrected chi connectivity index (χ1v) is 11.9. The third-order valence-electron chi connectivity index (χ3n) is 5.14. The van der Waals surface area contributed by atoms with E-state index in [0.717, 1.165) is 0 Å². The second-order valence-electron chi connectivity index (χ2n) is 8.12. The SMILES string of the molecule is NC(=O)c1ccc(Nc2nc(NC3(C(=O)NS(=O)(=O)C4CC4)CC3)nc(OCC(F)(F)F)n2)cc1. The molecule has 0 spiro atoms. The summed E-state index contributed by atoms with van der Waals surface area (Å²) in [5.74, 6) is -1.99. The lowest BCUT2D eigenvalue weighted by molar-refractivity contribution is -0.154. The fourth-order valence-corrected chi connectivity index (χ4v) is 4.34. The van der Waals surface area contributed by atoms with Gasteiger partial charge in [0.05, 0.1) is 5.25 Å². The highest BCUT2D eigenvalue weighted by atomic mass is 32.2. The van der Waals surface area contributed by atoms with E-state index in [4.69, 9.17) is 5.73 Å². The third kappa shape index (κ3) is 6.26. The molecule has 16 heteroatoms. The maximum atomic E-state index is 12.6. The Balaban J connectivity index is 1.55. The van der Waals surface area contributed by atoms with E-state index in [1.807, 2.05) is 4.72 Å². The molecule has 2 fully saturated rings. The van der Waals surface area contributed by atoms with Crippen molar-refractivity contribution in [1.29, 1.82) is 0 Å². The molecule has 12 nitrogen and oxygen atoms in total. The molecule has 188 valence electrons. The molecule has 2 aliphatic rings. The number of aromatic nitrogens is 3. The molecule has 0 atom stereocenters. The Morgan fingerprint density at radius 2 is 1.71 bits per heavy atom. The zero-order valence-electron chi connectivity index (χ0n) is 17.9. The number of nitrogens with one attached hydrogen (secondary N) is 3. The largest absolute Gasteiger partial charge is 0.454 e. The zero-order chi connectivity index (χ0) is 25.4. The second-order valence-corrected chi connectivity index (χ2v) is 10.1. The molecule has 1 aromatic heterocycles. The Bertz CT molecular complexity index is 1250. The highest BCUT2D eigenvalue weighted by Crippen LogP contribution is 2.40. The summed E-state index contributed by atoms with van der Waals surface area (Å²) in [4.78, 5) is 35.5. The van der Waals surface area contributed by atoms with Crippen molar-refractivity contribution >= 4 is 39.4 Å². The van der Waals surface area contributed by atoms with Crippen LogP contribution in [0.3, 0.4) is 0 Å². The molecule has 1 heterocycles. The van der Waals surface area contributed by atoms with Crippen LogP contribution in [0, 0.1) is 0 Å². The number of primary amides is 1. The minimum absolute atomic E-state index is 0.227. The van der Waals surface area contributed by atoms with Gasteiger partial charge in [-0.25, -0.2) is 8.42 Å². The van der Waals surface area contributed by atoms with E-state index in [1.165, 1.54) is 24.3 Å². The molecule has 35 heavy (non-hydrogen) atoms. The van der Waals surface area contributed by atoms with E-state index >= 15 is 0 Å². The highest BCUT2D eigenvalue weighted by Gasteiger charge is 2.53. The summed E-state index contributed by atoms with van der Waals surface area (Å²) < 4.78 is 68.8. The Kier molecular flexibility index (Phi) is 6.16. The predicted molar refractivity (Wildman–Crippen MR) is 115 cm³/mol. The molecular formula is C19H20F3N7O5S. The molecule has 5 N–H and O–H groups in total. The number of anilines is 3. The number of carbonyl (C=O) groups excluding carboxylic acids is 2. The van der Waals surface area contributed by atoms with Gasteiger partial charge in [-0.05, 0) is 49.9 Å². The average molecular weight is 515 g/mol. The number of nitrogens with two attached hydrogens (primary N) is 1. The minimum Gasteiger partial charge on any atom is -0.454 e. The maximum Gasteiger partial charge on any atom is 0.422 e. The molecule has 0 radical (unpaired) electrons. The Labute approximate surface area is 196 Å². The first kappa shape index (κ1) is 24.4. The number of hydrogen-bond donors (Lipinski definition) is 4. The number of benzene rings is 1. The lowest BCUT2D eigenvalue weighted by Crippen LogP contribution is -2.45. The van der Waals surface area contributed by atoms with Gasteiger partial charge in [-0.15, -0.1) is 0 Å². The van der Waals surface area contributed by atoms with Crippen molar-refractivity contribution in [2.75, 3.05) is 17.2 Å². The average Bonchev–Trinajstić information content (AvgIpc) is 3.66. The van der Waals surface area contributed by atoms with E-state index in [2.05, 4.69) is 30.3 Å². The van der Waals surface area contributed by atoms with Gasteiger partial charge in [0.15, 0.2) is 6.61 Å². The van der Waals surface area contributed by atoms with Crippen molar-refractivity contribution in [1.82, 2.24) is 19.7 Å². The van der Waals surface area contributed by atoms with Gasteiger partial charge in [0.2, 0.25) is 27.8 Å². The van der Waals surface area contributed by atoms with Crippen LogP contribution in [-0.4, -0.2) is 58.8 Å². The van der Waals surface area contributed by atoms with Crippen molar-refractivity contribution in [3.8, 4) is 6.01 Å². The van der Waals surface area contributed by atoms with E-state index < -0.39 is 51.4 Å². The van der Waals surface area contributed by atoms with Crippen molar-refractivity contribution in [3.63, 3.8) is 0 Å². The van der Waals surface area contributed by atoms with Crippen LogP contribution in [0.15, 0.2) is 24.3 Å². The summed E-state index contributed by atoms with van der Waals surface area (Å²) in [6.07, 6.45) is -3.23. The number of amides is 2. The molecule has 2 saturated carbocycles. The Hall–Kier alpha value is -3.69. The van der Waals surface area contributed by atoms with Gasteiger partial charge in [0.25, 0.3) is 5.91 Å². The summed E-state index contributed by atoms with van der Waals surface area (Å²) in [6.45, 7) is -1.67. The van der Waals surface area contributed by atoms with Gasteiger partial charge >= 0.3 is 12.2 Å². The topological polar surface area (TPSA) is 178 Å². The van der Waals surface area contributed by atoms with E-state index in [9.17, 15) is 31.2 Å². The van der Waals surface area contributed by atoms with Crippen LogP contribution >= 0.6 is 0 Å². The standard InChI is InChI=1S/C19H20F3N7O5S/c20-19(21,22)9-34-17-26-15(24-11-3-1-10(2-4-11)13(23)30)25-16(27-17)28-18(7-8-18)14(31)29-35(32,33)12-5-6-12/h1-4,12H,5-9H2,(H2,23,30)(H,29,31)(H2,24,25,26,27,28). The molecule has 0 unspecified atom stereocenters. The van der Waals surface area contributed by atoms with Gasteiger partial charge in [-0.3, -0.25) is 14.3 Å². The van der Waals surface area contributed by atoms with Crippen molar-refractivity contribution in [3.05, 3.63) is 29.8 Å². The molecule has 2 amide bonds. The van der Waals surface area contributed by atoms with Crippen LogP contribution in [-0.2, 0) is 14.8 Å². The molecular weight excluding hydrogens is 495 g/mol. The number of alkyl halides is 3. The number of nitrogens with zero attached hydrogens (tertiary/aromatic N) is 3. The van der Waals surface area contributed by atoms with Crippen LogP contribution in [0.25, 0.3) is 0 Å². The van der Waals surface area contributed by atoms with Gasteiger partial charge < -0.3 is 21.1 Å². The van der Waals surface area contributed by atoms with Crippen LogP contribution in [0.4, 0.5) is 30.8 Å². The summed E-state index contributed by atoms with van der Waals surface area (Å²) in [7, 11) is -3.80. The monoisotopic (exact) mass is 515 g/mol. The van der Waals surface area contributed by atoms with Crippen LogP contribution in [0.1, 0.15) is 36.0 Å². The van der Waals surface area contributed by atoms with E-state index in [-0.39, 0.29) is 30.3 Å². The minimum atomic E-state index is -4.66. The maximum absolute atomic E-state index is 12.6. The van der Waals surface area contributed by atoms with Crippen molar-refractivity contribution in [2.24, 2.45) is 5.73 Å². The first-order chi connectivity index (χ1) is 16.4. The first-order valence-electron chi connectivity index (χ1n) is 10.3. The van der Waals surface area contributed by atoms with Crippen molar-refractivity contribution in [2.45, 2.75) is 42.6 Å². The predicted octanol–water partition coefficient (Wildman–Crippen LogP) is 1.21. The summed E-state index contributed by atoms with van der Waals surface area (Å²) in [5, 5.41) is 4.82. The molecule has 0 aliphatic heterocycles. The molecule has 4 rings (SSSR count). The number of hydrogen-bond acceptors (Lipinski definition) is 10. The number of carbonyl (C=O) groups is 2. The zero-order valence-corrected chi connectivity index (χ0v) is 18.7. The van der Waals surface area contributed by atoms with Crippen LogP contribution in [0.5, 0.6) is 6.01 Å². The van der Waals surface area contributed by atoms with Gasteiger partial charge in [-0.1, -0.05) is 0 Å². The van der Waals surface area contributed by atoms with Crippen molar-refractivity contribution < 1.29 is 35.9 Å². The highest BCUT2D eigenvalue weighted by molar-refractivity contribution is 7.91. The second kappa shape index (κ2) is 8.83. The fourth-order valence-electron chi connectivity index (χ4n) is 2.96. The number of rotatable bonds is 10. The quantitative estimate of drug-likeness (QED) is 0.359. The third-order valence-corrected chi connectivity index (χ3v) is 6.96. The van der Waals surface area contributed by atoms with Gasteiger partial charge in [0, 0.05) is 11.3 Å². The Morgan fingerprint density at radius 1 is 1.09 bits per heavy atom. The number of halogens is 3. The van der Waals surface area contributed by atoms with Crippen LogP contribution in [0.2, 0.25) is 0 Å². The molecule has 0 bridgehead atoms. The smallest absolute Gasteiger partial charge is 0.422 e. The van der Waals surface area contributed by atoms with Gasteiger partial charge in [0.1, 0.15) is 5.54 Å². The molecule has 0 saturated heterocycles. The van der Waals surface area contributed by atoms with Crippen LogP contribution < -0.4 is 25.8 Å². The summed E-state index contributed by atoms with van der Waals surface area (Å²) >= 11 is 0. The van der Waals surface area contributed by atoms with Gasteiger partial charge in [-0.2, -0.15) is 28.1 Å². The number of ether oxygens (including phenoxy) is 1. The van der Waals surface area contributed by atoms with E-state index in [0.29, 0.717) is 18.5 Å². The summed E-state index contributed by atoms with van der Waals surface area (Å²) in [5.41, 5.74) is 4.44. The fraction of sp³-hybridized carbons (Fsp3) is 0.421.